The number of likely N-dealkylation sites (tertiary alicyclic amines) is 1. The highest BCUT2D eigenvalue weighted by Crippen LogP contribution is 2.22. The molecule has 0 radical (unpaired) electrons. The van der Waals surface area contributed by atoms with Crippen LogP contribution in [0.3, 0.4) is 0 Å². The van der Waals surface area contributed by atoms with E-state index in [1.54, 1.807) is 0 Å². The van der Waals surface area contributed by atoms with Crippen molar-refractivity contribution in [1.29, 1.82) is 0 Å². The van der Waals surface area contributed by atoms with Gasteiger partial charge in [0.05, 0.1) is 5.92 Å². The second kappa shape index (κ2) is 8.25. The number of rotatable bonds is 4. The quantitative estimate of drug-likeness (QED) is 0.867. The van der Waals surface area contributed by atoms with Gasteiger partial charge in [-0.2, -0.15) is 0 Å². The van der Waals surface area contributed by atoms with Crippen LogP contribution in [0.1, 0.15) is 31.2 Å². The van der Waals surface area contributed by atoms with Crippen LogP contribution in [0.5, 0.6) is 0 Å². The van der Waals surface area contributed by atoms with Gasteiger partial charge in [0, 0.05) is 64.2 Å². The number of nitrogens with zero attached hydrogens (tertiary/aromatic N) is 4. The molecule has 1 atom stereocenters. The maximum absolute atomic E-state index is 13.0. The van der Waals surface area contributed by atoms with E-state index in [1.165, 1.54) is 5.56 Å². The fraction of sp³-hybridized carbons (Fsp3) is 0.650. The number of carbonyl (C=O) groups excluding carboxylic acids is 2. The molecule has 7 nitrogen and oxygen atoms in total. The van der Waals surface area contributed by atoms with E-state index in [0.717, 1.165) is 65.0 Å². The van der Waals surface area contributed by atoms with Gasteiger partial charge in [0.25, 0.3) is 0 Å². The van der Waals surface area contributed by atoms with Crippen LogP contribution in [0, 0.1) is 5.92 Å². The molecule has 0 aromatic carbocycles. The lowest BCUT2D eigenvalue weighted by Gasteiger charge is -2.39. The Bertz CT molecular complexity index is 656. The molecule has 27 heavy (non-hydrogen) atoms. The summed E-state index contributed by atoms with van der Waals surface area (Å²) < 4.78 is 0. The first kappa shape index (κ1) is 18.2. The zero-order chi connectivity index (χ0) is 18.6. The molecular formula is C20H29N5O2. The van der Waals surface area contributed by atoms with E-state index in [2.05, 4.69) is 15.2 Å². The maximum atomic E-state index is 13.0. The van der Waals surface area contributed by atoms with E-state index in [-0.39, 0.29) is 17.9 Å². The number of carbonyl (C=O) groups is 2. The van der Waals surface area contributed by atoms with E-state index in [9.17, 15) is 9.59 Å². The van der Waals surface area contributed by atoms with Crippen molar-refractivity contribution in [3.63, 3.8) is 0 Å². The van der Waals surface area contributed by atoms with Crippen molar-refractivity contribution in [3.05, 3.63) is 30.1 Å². The van der Waals surface area contributed by atoms with Crippen molar-refractivity contribution in [2.75, 3.05) is 39.3 Å². The highest BCUT2D eigenvalue weighted by Gasteiger charge is 2.34. The monoisotopic (exact) mass is 371 g/mol. The lowest BCUT2D eigenvalue weighted by atomic mass is 9.96. The van der Waals surface area contributed by atoms with E-state index < -0.39 is 0 Å². The zero-order valence-corrected chi connectivity index (χ0v) is 15.8. The Morgan fingerprint density at radius 2 is 1.74 bits per heavy atom. The molecule has 4 rings (SSSR count). The molecule has 2 aliphatic heterocycles. The number of urea groups is 1. The summed E-state index contributed by atoms with van der Waals surface area (Å²) in [4.78, 5) is 35.5. The summed E-state index contributed by atoms with van der Waals surface area (Å²) >= 11 is 0. The Labute approximate surface area is 160 Å². The normalized spacial score (nSPS) is 23.9. The number of hydrogen-bond acceptors (Lipinski definition) is 4. The predicted octanol–water partition coefficient (Wildman–Crippen LogP) is 1.31. The average Bonchev–Trinajstić information content (AvgIpc) is 3.53. The SMILES string of the molecule is O=C(NC1CC1)N1CCCC(C(=O)N2CCN(Cc3ccncc3)CC2)C1. The van der Waals surface area contributed by atoms with Gasteiger partial charge in [-0.1, -0.05) is 0 Å². The van der Waals surface area contributed by atoms with Gasteiger partial charge in [-0.15, -0.1) is 0 Å². The van der Waals surface area contributed by atoms with Crippen LogP contribution >= 0.6 is 0 Å². The lowest BCUT2D eigenvalue weighted by Crippen LogP contribution is -2.53. The lowest BCUT2D eigenvalue weighted by molar-refractivity contribution is -0.138. The summed E-state index contributed by atoms with van der Waals surface area (Å²) in [7, 11) is 0. The second-order valence-electron chi connectivity index (χ2n) is 7.97. The maximum Gasteiger partial charge on any atom is 0.317 e. The van der Waals surface area contributed by atoms with Gasteiger partial charge >= 0.3 is 6.03 Å². The van der Waals surface area contributed by atoms with E-state index >= 15 is 0 Å². The Hall–Kier alpha value is -2.15. The van der Waals surface area contributed by atoms with E-state index in [4.69, 9.17) is 0 Å². The minimum absolute atomic E-state index is 0.0113. The van der Waals surface area contributed by atoms with Crippen LogP contribution in [0.4, 0.5) is 4.79 Å². The number of amides is 3. The van der Waals surface area contributed by atoms with Crippen molar-refractivity contribution < 1.29 is 9.59 Å². The van der Waals surface area contributed by atoms with Crippen LogP contribution in [-0.4, -0.2) is 76.9 Å². The summed E-state index contributed by atoms with van der Waals surface area (Å²) in [5.74, 6) is 0.179. The van der Waals surface area contributed by atoms with Gasteiger partial charge in [0.2, 0.25) is 5.91 Å². The molecule has 3 fully saturated rings. The number of piperazine rings is 1. The van der Waals surface area contributed by atoms with Crippen LogP contribution in [0.2, 0.25) is 0 Å². The van der Waals surface area contributed by atoms with Gasteiger partial charge in [-0.3, -0.25) is 14.7 Å². The summed E-state index contributed by atoms with van der Waals surface area (Å²) in [5, 5.41) is 3.04. The summed E-state index contributed by atoms with van der Waals surface area (Å²) in [6.45, 7) is 5.57. The number of piperidine rings is 1. The van der Waals surface area contributed by atoms with Crippen molar-refractivity contribution in [3.8, 4) is 0 Å². The van der Waals surface area contributed by atoms with Crippen molar-refractivity contribution >= 4 is 11.9 Å². The van der Waals surface area contributed by atoms with Crippen LogP contribution < -0.4 is 5.32 Å². The van der Waals surface area contributed by atoms with E-state index in [0.29, 0.717) is 12.6 Å². The third-order valence-corrected chi connectivity index (χ3v) is 5.80. The minimum Gasteiger partial charge on any atom is -0.340 e. The number of aromatic nitrogens is 1. The van der Waals surface area contributed by atoms with Crippen molar-refractivity contribution in [2.45, 2.75) is 38.3 Å². The fourth-order valence-corrected chi connectivity index (χ4v) is 3.99. The number of nitrogens with one attached hydrogen (secondary N) is 1. The molecule has 0 bridgehead atoms. The summed E-state index contributed by atoms with van der Waals surface area (Å²) in [5.41, 5.74) is 1.26. The predicted molar refractivity (Wildman–Crippen MR) is 102 cm³/mol. The van der Waals surface area contributed by atoms with Crippen molar-refractivity contribution in [1.82, 2.24) is 25.0 Å². The zero-order valence-electron chi connectivity index (χ0n) is 15.8. The third kappa shape index (κ3) is 4.77. The van der Waals surface area contributed by atoms with Crippen LogP contribution in [0.25, 0.3) is 0 Å². The van der Waals surface area contributed by atoms with Gasteiger partial charge in [0.1, 0.15) is 0 Å². The summed E-state index contributed by atoms with van der Waals surface area (Å²) in [6, 6.07) is 4.46. The molecule has 1 N–H and O–H groups in total. The molecule has 0 spiro atoms. The van der Waals surface area contributed by atoms with Gasteiger partial charge < -0.3 is 15.1 Å². The Balaban J connectivity index is 1.25. The molecule has 1 aromatic rings. The molecule has 1 saturated carbocycles. The highest BCUT2D eigenvalue weighted by molar-refractivity contribution is 5.81. The smallest absolute Gasteiger partial charge is 0.317 e. The second-order valence-corrected chi connectivity index (χ2v) is 7.97. The number of pyridine rings is 1. The molecule has 1 aromatic heterocycles. The standard InChI is InChI=1S/C20H29N5O2/c26-19(17-2-1-9-25(15-17)20(27)22-18-3-4-18)24-12-10-23(11-13-24)14-16-5-7-21-8-6-16/h5-8,17-18H,1-4,9-15H2,(H,22,27). The third-order valence-electron chi connectivity index (χ3n) is 5.80. The largest absolute Gasteiger partial charge is 0.340 e. The molecule has 3 aliphatic rings. The number of hydrogen-bond donors (Lipinski definition) is 1. The molecule has 1 aliphatic carbocycles. The Kier molecular flexibility index (Phi) is 5.57. The molecule has 2 saturated heterocycles. The Morgan fingerprint density at radius 1 is 1.00 bits per heavy atom. The highest BCUT2D eigenvalue weighted by atomic mass is 16.2. The van der Waals surface area contributed by atoms with Crippen LogP contribution in [0.15, 0.2) is 24.5 Å². The van der Waals surface area contributed by atoms with Gasteiger partial charge in [0.15, 0.2) is 0 Å². The van der Waals surface area contributed by atoms with Crippen LogP contribution in [-0.2, 0) is 11.3 Å². The summed E-state index contributed by atoms with van der Waals surface area (Å²) in [6.07, 6.45) is 7.63. The molecule has 1 unspecified atom stereocenters. The molecule has 3 amide bonds. The van der Waals surface area contributed by atoms with Crippen molar-refractivity contribution in [2.24, 2.45) is 5.92 Å². The fourth-order valence-electron chi connectivity index (χ4n) is 3.99. The average molecular weight is 371 g/mol. The topological polar surface area (TPSA) is 68.8 Å². The Morgan fingerprint density at radius 3 is 2.44 bits per heavy atom. The van der Waals surface area contributed by atoms with Gasteiger partial charge in [-0.25, -0.2) is 4.79 Å². The minimum atomic E-state index is -0.0459. The van der Waals surface area contributed by atoms with E-state index in [1.807, 2.05) is 34.3 Å². The first-order valence-electron chi connectivity index (χ1n) is 10.1. The molecule has 7 heteroatoms. The molecular weight excluding hydrogens is 342 g/mol. The molecule has 146 valence electrons. The van der Waals surface area contributed by atoms with Gasteiger partial charge in [-0.05, 0) is 43.4 Å². The molecule has 3 heterocycles. The first-order chi connectivity index (χ1) is 13.2. The first-order valence-corrected chi connectivity index (χ1v) is 10.1.